The largest absolute Gasteiger partial charge is 3.00 e. The fraction of sp³-hybridized carbons (Fsp3) is 0.109. The van der Waals surface area contributed by atoms with E-state index >= 15 is 0 Å². The van der Waals surface area contributed by atoms with Gasteiger partial charge in [-0.15, -0.1) is 167 Å². The van der Waals surface area contributed by atoms with Gasteiger partial charge >= 0.3 is 35.7 Å². The molecule has 0 amide bonds. The van der Waals surface area contributed by atoms with Crippen molar-refractivity contribution in [3.8, 4) is 89.8 Å². The molecule has 0 saturated carbocycles. The van der Waals surface area contributed by atoms with E-state index in [1.54, 1.807) is 31.7 Å². The smallest absolute Gasteiger partial charge is 0.500 e. The number of aliphatic hydroxyl groups is 3. The van der Waals surface area contributed by atoms with Gasteiger partial charge in [-0.3, -0.25) is 9.54 Å². The summed E-state index contributed by atoms with van der Waals surface area (Å²) in [5.41, 5.74) is 15.2. The monoisotopic (exact) mass is 2050 g/mol. The van der Waals surface area contributed by atoms with Crippen molar-refractivity contribution in [3.05, 3.63) is 389 Å². The van der Waals surface area contributed by atoms with Crippen LogP contribution < -0.4 is 10.4 Å². The Labute approximate surface area is 746 Å². The molecule has 0 unspecified atom stereocenters. The van der Waals surface area contributed by atoms with Gasteiger partial charge in [-0.25, -0.2) is 0 Å². The summed E-state index contributed by atoms with van der Waals surface area (Å²) in [6.45, 7) is 16.2. The number of para-hydroxylation sites is 2. The van der Waals surface area contributed by atoms with Gasteiger partial charge in [0.05, 0.1) is 27.4 Å². The number of pyridine rings is 6. The summed E-state index contributed by atoms with van der Waals surface area (Å²) in [6.07, 6.45) is 11.3. The molecule has 629 valence electrons. The number of fused-ring (bicyclic) bond motifs is 6. The first-order chi connectivity index (χ1) is 58.5. The number of benzene rings is 10. The molecule has 0 spiro atoms. The molecule has 0 aliphatic rings. The topological polar surface area (TPSA) is 219 Å². The normalized spacial score (nSPS) is 10.6. The van der Waals surface area contributed by atoms with Gasteiger partial charge < -0.3 is 49.1 Å². The van der Waals surface area contributed by atoms with Crippen molar-refractivity contribution >= 4 is 80.5 Å². The van der Waals surface area contributed by atoms with Crippen LogP contribution in [0.2, 0.25) is 39.3 Å². The van der Waals surface area contributed by atoms with Crippen molar-refractivity contribution < 1.29 is 90.5 Å². The third kappa shape index (κ3) is 28.8. The number of hydrogen-bond donors (Lipinski definition) is 4. The van der Waals surface area contributed by atoms with Gasteiger partial charge in [0.2, 0.25) is 0 Å². The van der Waals surface area contributed by atoms with Crippen LogP contribution in [0.3, 0.4) is 0 Å². The van der Waals surface area contributed by atoms with Gasteiger partial charge in [0.1, 0.15) is 16.7 Å². The molecule has 14 nitrogen and oxygen atoms in total. The minimum atomic E-state index is -5.84. The first-order valence-electron chi connectivity index (χ1n) is 38.5. The van der Waals surface area contributed by atoms with E-state index in [0.717, 1.165) is 126 Å². The Kier molecular flexibility index (Phi) is 39.2. The standard InChI is InChI=1S/C26H23NOSi.C26H22NOSi.4C11H8N.C2H6O.CHF3O3S.2CH4O.2Ir/c2*1-29(2,3)26-17-27-23(16-21(26)18-9-5-4-6-10-18)19-13-14-25-22(15-19)20-11-7-8-12-24(20)28-25;4*1-2-6-10(7-3-1)11-8-4-5-9-12-11;1-2-3;2-1(3,4)8(5,6)7;2*1-2;;/h4-17H,1-3H3;4-12,14-17H,1-3H3;4*1-6,8-9H;3H,2H2,1H3;(H,5,6,7);2*2H,1H3;;/q;5*-1;;;;;;+3. The molecule has 10 aromatic carbocycles. The molecule has 18 rings (SSSR count). The molecule has 0 aliphatic heterocycles. The summed E-state index contributed by atoms with van der Waals surface area (Å²) in [5.74, 6) is 0. The minimum Gasteiger partial charge on any atom is -0.500 e. The summed E-state index contributed by atoms with van der Waals surface area (Å²) in [4.78, 5) is 26.6. The Morgan fingerprint density at radius 2 is 0.659 bits per heavy atom. The zero-order chi connectivity index (χ0) is 86.6. The van der Waals surface area contributed by atoms with Crippen LogP contribution in [0.5, 0.6) is 0 Å². The Morgan fingerprint density at radius 1 is 0.350 bits per heavy atom. The average Bonchev–Trinajstić information content (AvgIpc) is 1.67. The molecule has 22 heteroatoms. The summed E-state index contributed by atoms with van der Waals surface area (Å²) in [7, 11) is -6.91. The van der Waals surface area contributed by atoms with Crippen LogP contribution in [0.4, 0.5) is 13.2 Å². The van der Waals surface area contributed by atoms with E-state index in [1.165, 1.54) is 32.6 Å². The third-order valence-electron chi connectivity index (χ3n) is 17.7. The van der Waals surface area contributed by atoms with Gasteiger partial charge in [0.15, 0.2) is 0 Å². The second kappa shape index (κ2) is 49.2. The van der Waals surface area contributed by atoms with E-state index in [0.29, 0.717) is 0 Å². The van der Waals surface area contributed by atoms with Crippen LogP contribution in [0.25, 0.3) is 134 Å². The van der Waals surface area contributed by atoms with Crippen LogP contribution in [-0.4, -0.2) is 101 Å². The number of aromatic nitrogens is 6. The van der Waals surface area contributed by atoms with Gasteiger partial charge in [0, 0.05) is 99.8 Å². The average molecular weight is 2050 g/mol. The van der Waals surface area contributed by atoms with E-state index in [9.17, 15) is 13.2 Å². The molecule has 0 bridgehead atoms. The molecular formula is C101H92F3Ir2N6O8SSi2-2. The number of alkyl halides is 3. The fourth-order valence-corrected chi connectivity index (χ4v) is 15.1. The summed E-state index contributed by atoms with van der Waals surface area (Å²) < 4.78 is 69.5. The van der Waals surface area contributed by atoms with Crippen LogP contribution in [0.15, 0.2) is 368 Å². The number of aliphatic hydroxyl groups excluding tert-OH is 3. The maximum atomic E-state index is 10.7. The maximum absolute atomic E-state index is 10.7. The van der Waals surface area contributed by atoms with E-state index < -0.39 is 31.8 Å². The first kappa shape index (κ1) is 98.1. The van der Waals surface area contributed by atoms with Gasteiger partial charge in [-0.05, 0) is 129 Å². The molecule has 0 fully saturated rings. The quantitative estimate of drug-likeness (QED) is 0.0433. The van der Waals surface area contributed by atoms with Gasteiger partial charge in [-0.1, -0.05) is 196 Å². The molecule has 4 N–H and O–H groups in total. The number of hydrogen-bond acceptors (Lipinski definition) is 13. The van der Waals surface area contributed by atoms with Crippen LogP contribution in [0.1, 0.15) is 6.92 Å². The predicted octanol–water partition coefficient (Wildman–Crippen LogP) is 23.3. The molecule has 0 saturated heterocycles. The zero-order valence-electron chi connectivity index (χ0n) is 69.1. The zero-order valence-corrected chi connectivity index (χ0v) is 76.7. The van der Waals surface area contributed by atoms with E-state index in [2.05, 4.69) is 217 Å². The van der Waals surface area contributed by atoms with Crippen molar-refractivity contribution in [2.45, 2.75) is 51.7 Å². The second-order valence-electron chi connectivity index (χ2n) is 28.2. The van der Waals surface area contributed by atoms with Crippen LogP contribution in [0, 0.1) is 30.3 Å². The molecule has 0 atom stereocenters. The van der Waals surface area contributed by atoms with Gasteiger partial charge in [0.25, 0.3) is 0 Å². The van der Waals surface area contributed by atoms with Crippen LogP contribution >= 0.6 is 0 Å². The third-order valence-corrected chi connectivity index (χ3v) is 22.4. The molecule has 1 radical (unpaired) electrons. The number of furan rings is 2. The van der Waals surface area contributed by atoms with Crippen molar-refractivity contribution in [2.24, 2.45) is 0 Å². The Morgan fingerprint density at radius 3 is 0.992 bits per heavy atom. The van der Waals surface area contributed by atoms with Crippen molar-refractivity contribution in [1.29, 1.82) is 0 Å². The van der Waals surface area contributed by atoms with Crippen molar-refractivity contribution in [1.82, 2.24) is 29.9 Å². The second-order valence-corrected chi connectivity index (χ2v) is 39.7. The molecule has 123 heavy (non-hydrogen) atoms. The van der Waals surface area contributed by atoms with Crippen molar-refractivity contribution in [2.75, 3.05) is 20.8 Å². The first-order valence-corrected chi connectivity index (χ1v) is 46.9. The van der Waals surface area contributed by atoms with Crippen LogP contribution in [-0.2, 0) is 50.3 Å². The van der Waals surface area contributed by atoms with Crippen molar-refractivity contribution in [3.63, 3.8) is 0 Å². The predicted molar refractivity (Wildman–Crippen MR) is 490 cm³/mol. The Balaban J connectivity index is 0.000000204. The summed E-state index contributed by atoms with van der Waals surface area (Å²) in [6, 6.07) is 123. The Bertz CT molecular complexity index is 5570. The fourth-order valence-electron chi connectivity index (χ4n) is 12.1. The molecule has 18 aromatic rings. The minimum absolute atomic E-state index is 0. The number of rotatable bonds is 10. The SMILES string of the molecule is CCO.CO.CO.C[Si](C)(C)c1cnc(-c2[c-]cc3oc4ccccc4c3c2)cc1-c1ccccc1.C[Si](C)(C)c1cnc(-c2ccc3oc4ccccc4c3c2)cc1-c1ccccc1.O=S(=O)(O)C(F)(F)F.[Ir+3].[Ir].[c-]1ccccc1-c1ccccn1.[c-]1ccccc1-c1ccccn1.[c-]1ccccc1-c1ccccn1.[c-]1ccccc1-c1ccccn1. The molecule has 8 heterocycles. The molecular weight excluding hydrogens is 1950 g/mol. The van der Waals surface area contributed by atoms with Gasteiger partial charge in [-0.2, -0.15) is 21.6 Å². The molecule has 8 aromatic heterocycles. The maximum Gasteiger partial charge on any atom is 3.00 e. The number of halogens is 3. The summed E-state index contributed by atoms with van der Waals surface area (Å²) in [5, 5.41) is 28.8. The van der Waals surface area contributed by atoms with E-state index in [1.807, 2.05) is 206 Å². The van der Waals surface area contributed by atoms with E-state index in [4.69, 9.17) is 47.1 Å². The summed E-state index contributed by atoms with van der Waals surface area (Å²) >= 11 is 0. The number of nitrogens with zero attached hydrogens (tertiary/aromatic N) is 6. The van der Waals surface area contributed by atoms with E-state index in [-0.39, 0.29) is 46.8 Å². The Hall–Kier alpha value is -12.0. The molecule has 0 aliphatic carbocycles.